The smallest absolute Gasteiger partial charge is 0.0589 e. The molecular weight excluding hydrogens is 224 g/mol. The number of nitrogens with one attached hydrogen (secondary N) is 1. The normalized spacial score (nSPS) is 26.5. The van der Waals surface area contributed by atoms with Crippen molar-refractivity contribution in [3.8, 4) is 0 Å². The summed E-state index contributed by atoms with van der Waals surface area (Å²) in [4.78, 5) is 2.67. The van der Waals surface area contributed by atoms with Crippen LogP contribution in [0.25, 0.3) is 0 Å². The van der Waals surface area contributed by atoms with E-state index < -0.39 is 0 Å². The maximum absolute atomic E-state index is 5.27. The summed E-state index contributed by atoms with van der Waals surface area (Å²) in [5.74, 6) is 0. The Labute approximate surface area is 113 Å². The summed E-state index contributed by atoms with van der Waals surface area (Å²) in [7, 11) is 1.80. The minimum atomic E-state index is 0.672. The maximum Gasteiger partial charge on any atom is 0.0589 e. The van der Waals surface area contributed by atoms with Gasteiger partial charge in [-0.1, -0.05) is 20.3 Å². The highest BCUT2D eigenvalue weighted by Gasteiger charge is 2.28. The van der Waals surface area contributed by atoms with Gasteiger partial charge in [0, 0.05) is 31.8 Å². The van der Waals surface area contributed by atoms with Gasteiger partial charge < -0.3 is 10.1 Å². The van der Waals surface area contributed by atoms with E-state index in [1.807, 2.05) is 0 Å². The summed E-state index contributed by atoms with van der Waals surface area (Å²) in [6, 6.07) is 2.14. The molecular formula is C15H32N2O. The van der Waals surface area contributed by atoms with Crippen molar-refractivity contribution in [3.63, 3.8) is 0 Å². The molecule has 1 aliphatic carbocycles. The number of methoxy groups -OCH3 is 1. The van der Waals surface area contributed by atoms with Crippen LogP contribution in [-0.2, 0) is 4.74 Å². The monoisotopic (exact) mass is 256 g/mol. The average molecular weight is 256 g/mol. The molecule has 0 bridgehead atoms. The van der Waals surface area contributed by atoms with Gasteiger partial charge in [-0.3, -0.25) is 4.90 Å². The highest BCUT2D eigenvalue weighted by atomic mass is 16.5. The van der Waals surface area contributed by atoms with Gasteiger partial charge in [0.1, 0.15) is 0 Å². The Hall–Kier alpha value is -0.120. The fourth-order valence-corrected chi connectivity index (χ4v) is 3.13. The second-order valence-corrected chi connectivity index (χ2v) is 5.56. The van der Waals surface area contributed by atoms with Gasteiger partial charge in [0.15, 0.2) is 0 Å². The van der Waals surface area contributed by atoms with Gasteiger partial charge in [-0.15, -0.1) is 0 Å². The van der Waals surface area contributed by atoms with E-state index in [0.717, 1.165) is 31.8 Å². The third-order valence-electron chi connectivity index (χ3n) is 4.32. The molecule has 1 saturated carbocycles. The first-order chi connectivity index (χ1) is 8.72. The van der Waals surface area contributed by atoms with Gasteiger partial charge in [0.25, 0.3) is 0 Å². The summed E-state index contributed by atoms with van der Waals surface area (Å²) < 4.78 is 5.27. The summed E-state index contributed by atoms with van der Waals surface area (Å²) in [6.07, 6.45) is 6.61. The quantitative estimate of drug-likeness (QED) is 0.722. The fourth-order valence-electron chi connectivity index (χ4n) is 3.13. The van der Waals surface area contributed by atoms with Crippen molar-refractivity contribution >= 4 is 0 Å². The van der Waals surface area contributed by atoms with Crippen LogP contribution in [0.3, 0.4) is 0 Å². The first-order valence-electron chi connectivity index (χ1n) is 7.70. The average Bonchev–Trinajstić information content (AvgIpc) is 2.39. The molecule has 1 N–H and O–H groups in total. The van der Waals surface area contributed by atoms with Crippen molar-refractivity contribution < 1.29 is 4.74 Å². The zero-order chi connectivity index (χ0) is 13.4. The standard InChI is InChI=1S/C15H32N2O/c1-5-13(3)17(10-11-18-4)15-9-7-8-14(12-15)16-6-2/h13-16H,5-12H2,1-4H3. The van der Waals surface area contributed by atoms with E-state index in [1.165, 1.54) is 32.1 Å². The third kappa shape index (κ3) is 4.87. The molecule has 0 spiro atoms. The molecule has 0 aliphatic heterocycles. The first-order valence-corrected chi connectivity index (χ1v) is 7.70. The molecule has 0 aromatic carbocycles. The molecule has 0 aromatic rings. The summed E-state index contributed by atoms with van der Waals surface area (Å²) in [5, 5.41) is 3.62. The number of ether oxygens (including phenoxy) is 1. The zero-order valence-electron chi connectivity index (χ0n) is 12.7. The van der Waals surface area contributed by atoms with Crippen molar-refractivity contribution in [2.24, 2.45) is 0 Å². The SMILES string of the molecule is CCNC1CCCC(N(CCOC)C(C)CC)C1. The van der Waals surface area contributed by atoms with Crippen LogP contribution in [0, 0.1) is 0 Å². The van der Waals surface area contributed by atoms with Gasteiger partial charge in [-0.2, -0.15) is 0 Å². The fraction of sp³-hybridized carbons (Fsp3) is 1.00. The molecule has 3 atom stereocenters. The van der Waals surface area contributed by atoms with Crippen molar-refractivity contribution in [2.45, 2.75) is 71.0 Å². The minimum absolute atomic E-state index is 0.672. The highest BCUT2D eigenvalue weighted by Crippen LogP contribution is 2.25. The maximum atomic E-state index is 5.27. The van der Waals surface area contributed by atoms with E-state index in [9.17, 15) is 0 Å². The van der Waals surface area contributed by atoms with Crippen LogP contribution in [0.15, 0.2) is 0 Å². The van der Waals surface area contributed by atoms with Gasteiger partial charge >= 0.3 is 0 Å². The Bertz CT molecular complexity index is 209. The van der Waals surface area contributed by atoms with E-state index in [4.69, 9.17) is 4.74 Å². The molecule has 18 heavy (non-hydrogen) atoms. The second kappa shape index (κ2) is 8.89. The Morgan fingerprint density at radius 3 is 2.72 bits per heavy atom. The van der Waals surface area contributed by atoms with Crippen molar-refractivity contribution in [2.75, 3.05) is 26.8 Å². The van der Waals surface area contributed by atoms with Crippen LogP contribution in [-0.4, -0.2) is 49.8 Å². The van der Waals surface area contributed by atoms with Crippen LogP contribution in [0.1, 0.15) is 52.9 Å². The lowest BCUT2D eigenvalue weighted by atomic mass is 9.89. The Morgan fingerprint density at radius 2 is 2.11 bits per heavy atom. The van der Waals surface area contributed by atoms with Crippen LogP contribution in [0.4, 0.5) is 0 Å². The lowest BCUT2D eigenvalue weighted by Crippen LogP contribution is -2.48. The van der Waals surface area contributed by atoms with E-state index in [0.29, 0.717) is 6.04 Å². The summed E-state index contributed by atoms with van der Waals surface area (Å²) >= 11 is 0. The summed E-state index contributed by atoms with van der Waals surface area (Å²) in [6.45, 7) is 9.88. The van der Waals surface area contributed by atoms with Gasteiger partial charge in [-0.05, 0) is 39.2 Å². The Kier molecular flexibility index (Phi) is 7.87. The molecule has 108 valence electrons. The molecule has 0 radical (unpaired) electrons. The van der Waals surface area contributed by atoms with Crippen LogP contribution >= 0.6 is 0 Å². The Balaban J connectivity index is 2.54. The van der Waals surface area contributed by atoms with Crippen molar-refractivity contribution in [1.29, 1.82) is 0 Å². The largest absolute Gasteiger partial charge is 0.383 e. The van der Waals surface area contributed by atoms with Crippen molar-refractivity contribution in [3.05, 3.63) is 0 Å². The van der Waals surface area contributed by atoms with Gasteiger partial charge in [0.2, 0.25) is 0 Å². The third-order valence-corrected chi connectivity index (χ3v) is 4.32. The second-order valence-electron chi connectivity index (χ2n) is 5.56. The minimum Gasteiger partial charge on any atom is -0.383 e. The number of hydrogen-bond acceptors (Lipinski definition) is 3. The molecule has 0 saturated heterocycles. The molecule has 1 aliphatic rings. The molecule has 1 fully saturated rings. The van der Waals surface area contributed by atoms with Crippen LogP contribution in [0.5, 0.6) is 0 Å². The van der Waals surface area contributed by atoms with E-state index >= 15 is 0 Å². The van der Waals surface area contributed by atoms with E-state index in [2.05, 4.69) is 31.0 Å². The van der Waals surface area contributed by atoms with Gasteiger partial charge in [0.05, 0.1) is 6.61 Å². The van der Waals surface area contributed by atoms with Gasteiger partial charge in [-0.25, -0.2) is 0 Å². The molecule has 0 heterocycles. The predicted molar refractivity (Wildman–Crippen MR) is 78.1 cm³/mol. The topological polar surface area (TPSA) is 24.5 Å². The Morgan fingerprint density at radius 1 is 1.33 bits per heavy atom. The lowest BCUT2D eigenvalue weighted by Gasteiger charge is -2.41. The number of rotatable bonds is 8. The highest BCUT2D eigenvalue weighted by molar-refractivity contribution is 4.85. The number of nitrogens with zero attached hydrogens (tertiary/aromatic N) is 1. The molecule has 3 unspecified atom stereocenters. The molecule has 0 amide bonds. The van der Waals surface area contributed by atoms with E-state index in [-0.39, 0.29) is 0 Å². The van der Waals surface area contributed by atoms with Crippen LogP contribution in [0.2, 0.25) is 0 Å². The molecule has 3 heteroatoms. The predicted octanol–water partition coefficient (Wildman–Crippen LogP) is 2.65. The van der Waals surface area contributed by atoms with Crippen LogP contribution < -0.4 is 5.32 Å². The lowest BCUT2D eigenvalue weighted by molar-refractivity contribution is 0.0643. The molecule has 3 nitrogen and oxygen atoms in total. The molecule has 1 rings (SSSR count). The molecule has 0 aromatic heterocycles. The van der Waals surface area contributed by atoms with Crippen molar-refractivity contribution in [1.82, 2.24) is 10.2 Å². The summed E-state index contributed by atoms with van der Waals surface area (Å²) in [5.41, 5.74) is 0. The number of hydrogen-bond donors (Lipinski definition) is 1. The zero-order valence-corrected chi connectivity index (χ0v) is 12.7. The van der Waals surface area contributed by atoms with E-state index in [1.54, 1.807) is 7.11 Å². The first kappa shape index (κ1) is 15.9.